The topological polar surface area (TPSA) is 46.5 Å². The number of rotatable bonds is 3. The molecule has 3 nitrogen and oxygen atoms in total. The van der Waals surface area contributed by atoms with Crippen LogP contribution in [0.1, 0.15) is 24.2 Å². The van der Waals surface area contributed by atoms with Gasteiger partial charge in [-0.25, -0.2) is 0 Å². The number of hydrogen-bond donors (Lipinski definition) is 1. The highest BCUT2D eigenvalue weighted by Gasteiger charge is 2.15. The highest BCUT2D eigenvalue weighted by Crippen LogP contribution is 2.19. The zero-order chi connectivity index (χ0) is 9.90. The van der Waals surface area contributed by atoms with Crippen molar-refractivity contribution in [3.8, 4) is 5.75 Å². The van der Waals surface area contributed by atoms with E-state index in [1.54, 1.807) is 24.3 Å². The first-order valence-corrected chi connectivity index (χ1v) is 3.98. The first kappa shape index (κ1) is 9.74. The van der Waals surface area contributed by atoms with Gasteiger partial charge in [0.2, 0.25) is 5.79 Å². The molecule has 0 saturated carbocycles. The molecule has 0 atom stereocenters. The molecule has 0 amide bonds. The van der Waals surface area contributed by atoms with E-state index < -0.39 is 5.79 Å². The van der Waals surface area contributed by atoms with Crippen LogP contribution in [0.25, 0.3) is 0 Å². The minimum absolute atomic E-state index is 0.394. The SMILES string of the molecule is CC(C)(O)Oc1ccccc1C=O. The van der Waals surface area contributed by atoms with Gasteiger partial charge >= 0.3 is 0 Å². The summed E-state index contributed by atoms with van der Waals surface area (Å²) in [4.78, 5) is 10.6. The summed E-state index contributed by atoms with van der Waals surface area (Å²) in [6.45, 7) is 3.02. The number of carbonyl (C=O) groups excluding carboxylic acids is 1. The predicted molar refractivity (Wildman–Crippen MR) is 48.8 cm³/mol. The highest BCUT2D eigenvalue weighted by atomic mass is 16.6. The zero-order valence-corrected chi connectivity index (χ0v) is 7.65. The van der Waals surface area contributed by atoms with Gasteiger partial charge in [0.1, 0.15) is 5.75 Å². The summed E-state index contributed by atoms with van der Waals surface area (Å²) in [6.07, 6.45) is 0.696. The summed E-state index contributed by atoms with van der Waals surface area (Å²) in [5.74, 6) is -0.871. The van der Waals surface area contributed by atoms with E-state index in [2.05, 4.69) is 0 Å². The molecular weight excluding hydrogens is 168 g/mol. The Balaban J connectivity index is 2.94. The molecule has 13 heavy (non-hydrogen) atoms. The van der Waals surface area contributed by atoms with Gasteiger partial charge in [0.25, 0.3) is 0 Å². The number of para-hydroxylation sites is 1. The molecule has 1 aromatic rings. The Kier molecular flexibility index (Phi) is 2.68. The van der Waals surface area contributed by atoms with Crippen molar-refractivity contribution < 1.29 is 14.6 Å². The van der Waals surface area contributed by atoms with E-state index >= 15 is 0 Å². The summed E-state index contributed by atoms with van der Waals surface area (Å²) >= 11 is 0. The van der Waals surface area contributed by atoms with Crippen LogP contribution < -0.4 is 4.74 Å². The summed E-state index contributed by atoms with van der Waals surface area (Å²) < 4.78 is 5.15. The zero-order valence-electron chi connectivity index (χ0n) is 7.65. The van der Waals surface area contributed by atoms with Gasteiger partial charge in [0.05, 0.1) is 5.56 Å². The van der Waals surface area contributed by atoms with Crippen molar-refractivity contribution in [2.24, 2.45) is 0 Å². The largest absolute Gasteiger partial charge is 0.462 e. The average molecular weight is 180 g/mol. The molecule has 0 aromatic heterocycles. The van der Waals surface area contributed by atoms with Crippen molar-refractivity contribution >= 4 is 6.29 Å². The maximum Gasteiger partial charge on any atom is 0.202 e. The van der Waals surface area contributed by atoms with Gasteiger partial charge in [-0.05, 0) is 12.1 Å². The molecular formula is C10H12O3. The number of carbonyl (C=O) groups is 1. The lowest BCUT2D eigenvalue weighted by Crippen LogP contribution is -2.27. The van der Waals surface area contributed by atoms with Crippen LogP contribution in [0, 0.1) is 0 Å². The lowest BCUT2D eigenvalue weighted by atomic mass is 10.2. The molecule has 1 N–H and O–H groups in total. The molecule has 0 heterocycles. The number of benzene rings is 1. The van der Waals surface area contributed by atoms with Crippen LogP contribution in [0.5, 0.6) is 5.75 Å². The van der Waals surface area contributed by atoms with Gasteiger partial charge in [-0.3, -0.25) is 4.79 Å². The molecule has 0 radical (unpaired) electrons. The lowest BCUT2D eigenvalue weighted by molar-refractivity contribution is -0.104. The highest BCUT2D eigenvalue weighted by molar-refractivity contribution is 5.79. The molecule has 0 aliphatic rings. The molecule has 0 bridgehead atoms. The van der Waals surface area contributed by atoms with Crippen molar-refractivity contribution in [1.82, 2.24) is 0 Å². The molecule has 0 spiro atoms. The van der Waals surface area contributed by atoms with Gasteiger partial charge in [-0.15, -0.1) is 0 Å². The van der Waals surface area contributed by atoms with E-state index in [0.717, 1.165) is 0 Å². The lowest BCUT2D eigenvalue weighted by Gasteiger charge is -2.20. The molecule has 0 aliphatic heterocycles. The van der Waals surface area contributed by atoms with E-state index in [1.165, 1.54) is 13.8 Å². The van der Waals surface area contributed by atoms with Crippen molar-refractivity contribution in [3.63, 3.8) is 0 Å². The minimum atomic E-state index is -1.26. The third-order valence-corrected chi connectivity index (χ3v) is 1.41. The van der Waals surface area contributed by atoms with Crippen LogP contribution in [0.3, 0.4) is 0 Å². The van der Waals surface area contributed by atoms with E-state index in [9.17, 15) is 9.90 Å². The van der Waals surface area contributed by atoms with Crippen LogP contribution in [-0.2, 0) is 0 Å². The first-order chi connectivity index (χ1) is 6.03. The Hall–Kier alpha value is -1.35. The second-order valence-electron chi connectivity index (χ2n) is 3.20. The third kappa shape index (κ3) is 2.87. The van der Waals surface area contributed by atoms with Gasteiger partial charge in [0, 0.05) is 13.8 Å². The van der Waals surface area contributed by atoms with Gasteiger partial charge in [0.15, 0.2) is 6.29 Å². The number of aliphatic hydroxyl groups is 1. The van der Waals surface area contributed by atoms with Crippen LogP contribution in [0.4, 0.5) is 0 Å². The Bertz CT molecular complexity index is 299. The smallest absolute Gasteiger partial charge is 0.202 e. The Morgan fingerprint density at radius 3 is 2.54 bits per heavy atom. The molecule has 0 saturated heterocycles. The van der Waals surface area contributed by atoms with Crippen LogP contribution in [0.15, 0.2) is 24.3 Å². The van der Waals surface area contributed by atoms with E-state index in [-0.39, 0.29) is 0 Å². The van der Waals surface area contributed by atoms with E-state index in [1.807, 2.05) is 0 Å². The van der Waals surface area contributed by atoms with Crippen molar-refractivity contribution in [2.75, 3.05) is 0 Å². The Morgan fingerprint density at radius 1 is 1.38 bits per heavy atom. The second-order valence-corrected chi connectivity index (χ2v) is 3.20. The van der Waals surface area contributed by atoms with Gasteiger partial charge in [-0.2, -0.15) is 0 Å². The summed E-state index contributed by atoms with van der Waals surface area (Å²) in [5.41, 5.74) is 0.435. The quantitative estimate of drug-likeness (QED) is 0.567. The number of aldehydes is 1. The molecule has 1 rings (SSSR count). The normalized spacial score (nSPS) is 11.0. The Labute approximate surface area is 77.0 Å². The molecule has 0 unspecified atom stereocenters. The number of hydrogen-bond acceptors (Lipinski definition) is 3. The first-order valence-electron chi connectivity index (χ1n) is 3.98. The fourth-order valence-corrected chi connectivity index (χ4v) is 0.940. The van der Waals surface area contributed by atoms with E-state index in [0.29, 0.717) is 17.6 Å². The molecule has 0 fully saturated rings. The fourth-order valence-electron chi connectivity index (χ4n) is 0.940. The maximum absolute atomic E-state index is 10.6. The summed E-state index contributed by atoms with van der Waals surface area (Å²) in [6, 6.07) is 6.75. The molecule has 70 valence electrons. The van der Waals surface area contributed by atoms with Gasteiger partial charge in [-0.1, -0.05) is 12.1 Å². The van der Waals surface area contributed by atoms with Crippen LogP contribution >= 0.6 is 0 Å². The van der Waals surface area contributed by atoms with Crippen LogP contribution in [-0.4, -0.2) is 17.2 Å². The summed E-state index contributed by atoms with van der Waals surface area (Å²) in [7, 11) is 0. The van der Waals surface area contributed by atoms with Crippen molar-refractivity contribution in [2.45, 2.75) is 19.6 Å². The van der Waals surface area contributed by atoms with Crippen LogP contribution in [0.2, 0.25) is 0 Å². The number of ether oxygens (including phenoxy) is 1. The maximum atomic E-state index is 10.6. The van der Waals surface area contributed by atoms with E-state index in [4.69, 9.17) is 4.74 Å². The summed E-state index contributed by atoms with van der Waals surface area (Å²) in [5, 5.41) is 9.35. The molecule has 3 heteroatoms. The second kappa shape index (κ2) is 3.58. The predicted octanol–water partition coefficient (Wildman–Crippen LogP) is 1.61. The monoisotopic (exact) mass is 180 g/mol. The van der Waals surface area contributed by atoms with Crippen molar-refractivity contribution in [1.29, 1.82) is 0 Å². The Morgan fingerprint density at radius 2 is 2.00 bits per heavy atom. The molecule has 0 aliphatic carbocycles. The standard InChI is InChI=1S/C10H12O3/c1-10(2,12)13-9-6-4-3-5-8(9)7-11/h3-7,12H,1-2H3. The molecule has 1 aromatic carbocycles. The average Bonchev–Trinajstić information content (AvgIpc) is 2.02. The van der Waals surface area contributed by atoms with Crippen molar-refractivity contribution in [3.05, 3.63) is 29.8 Å². The third-order valence-electron chi connectivity index (χ3n) is 1.41. The van der Waals surface area contributed by atoms with Gasteiger partial charge < -0.3 is 9.84 Å². The fraction of sp³-hybridized carbons (Fsp3) is 0.300. The minimum Gasteiger partial charge on any atom is -0.462 e.